The fourth-order valence-corrected chi connectivity index (χ4v) is 2.10. The lowest BCUT2D eigenvalue weighted by Gasteiger charge is -2.13. The Morgan fingerprint density at radius 2 is 1.18 bits per heavy atom. The van der Waals surface area contributed by atoms with Crippen molar-refractivity contribution in [3.05, 3.63) is 31.5 Å². The van der Waals surface area contributed by atoms with E-state index in [0.717, 1.165) is 26.5 Å². The average molecular weight is 313 g/mol. The highest BCUT2D eigenvalue weighted by Crippen LogP contribution is 1.91. The van der Waals surface area contributed by atoms with E-state index in [1.165, 1.54) is 0 Å². The Balaban J connectivity index is 3.41. The van der Waals surface area contributed by atoms with Gasteiger partial charge in [-0.2, -0.15) is 0 Å². The molecule has 1 aromatic rings. The van der Waals surface area contributed by atoms with Gasteiger partial charge in [0.05, 0.1) is 6.42 Å². The van der Waals surface area contributed by atoms with Crippen LogP contribution in [0.3, 0.4) is 0 Å². The van der Waals surface area contributed by atoms with Crippen LogP contribution in [0.4, 0.5) is 0 Å². The van der Waals surface area contributed by atoms with Crippen molar-refractivity contribution in [3.8, 4) is 0 Å². The van der Waals surface area contributed by atoms with Crippen LogP contribution < -0.4 is 17.1 Å². The molecule has 22 heavy (non-hydrogen) atoms. The van der Waals surface area contributed by atoms with Gasteiger partial charge in [-0.3, -0.25) is 4.79 Å². The minimum atomic E-state index is -1.10. The van der Waals surface area contributed by atoms with E-state index < -0.39 is 23.0 Å². The summed E-state index contributed by atoms with van der Waals surface area (Å²) in [4.78, 5) is 47.5. The van der Waals surface area contributed by atoms with E-state index in [-0.39, 0.29) is 26.1 Å². The standard InChI is InChI=1S/C14H23N3O5/c1-3-5-8-15-12(20)16(9-6-4-2)14(22)17(13(15)21)10-7-11(18)19/h3-10H2,1-2H3,(H,18,19). The van der Waals surface area contributed by atoms with Gasteiger partial charge in [-0.15, -0.1) is 0 Å². The minimum Gasteiger partial charge on any atom is -0.481 e. The molecule has 1 N–H and O–H groups in total. The molecule has 0 spiro atoms. The molecule has 0 radical (unpaired) electrons. The van der Waals surface area contributed by atoms with E-state index in [2.05, 4.69) is 0 Å². The molecule has 0 amide bonds. The lowest BCUT2D eigenvalue weighted by atomic mass is 10.3. The van der Waals surface area contributed by atoms with Gasteiger partial charge in [-0.1, -0.05) is 26.7 Å². The lowest BCUT2D eigenvalue weighted by Crippen LogP contribution is -2.54. The quantitative estimate of drug-likeness (QED) is 0.703. The normalized spacial score (nSPS) is 10.8. The number of hydrogen-bond donors (Lipinski definition) is 1. The topological polar surface area (TPSA) is 103 Å². The molecule has 0 saturated carbocycles. The van der Waals surface area contributed by atoms with E-state index in [1.54, 1.807) is 0 Å². The van der Waals surface area contributed by atoms with Crippen LogP contribution in [0.2, 0.25) is 0 Å². The molecular weight excluding hydrogens is 290 g/mol. The van der Waals surface area contributed by atoms with Gasteiger partial charge in [-0.05, 0) is 12.8 Å². The third kappa shape index (κ3) is 4.19. The molecule has 1 aromatic heterocycles. The summed E-state index contributed by atoms with van der Waals surface area (Å²) < 4.78 is 2.91. The van der Waals surface area contributed by atoms with Gasteiger partial charge in [0.2, 0.25) is 0 Å². The van der Waals surface area contributed by atoms with Gasteiger partial charge >= 0.3 is 23.0 Å². The predicted octanol–water partition coefficient (Wildman–Crippen LogP) is 0.247. The number of rotatable bonds is 9. The van der Waals surface area contributed by atoms with Crippen LogP contribution in [0.1, 0.15) is 46.0 Å². The number of nitrogens with zero attached hydrogens (tertiary/aromatic N) is 3. The summed E-state index contributed by atoms with van der Waals surface area (Å²) in [5.41, 5.74) is -2.06. The van der Waals surface area contributed by atoms with Gasteiger partial charge in [0, 0.05) is 19.6 Å². The number of aliphatic carboxylic acids is 1. The molecule has 8 heteroatoms. The molecule has 1 heterocycles. The van der Waals surface area contributed by atoms with Crippen molar-refractivity contribution in [2.75, 3.05) is 0 Å². The first-order valence-corrected chi connectivity index (χ1v) is 7.60. The van der Waals surface area contributed by atoms with Crippen LogP contribution in [0.5, 0.6) is 0 Å². The maximum atomic E-state index is 12.3. The van der Waals surface area contributed by atoms with E-state index in [9.17, 15) is 19.2 Å². The molecule has 0 unspecified atom stereocenters. The van der Waals surface area contributed by atoms with Crippen molar-refractivity contribution >= 4 is 5.97 Å². The summed E-state index contributed by atoms with van der Waals surface area (Å²) in [5.74, 6) is -1.10. The lowest BCUT2D eigenvalue weighted by molar-refractivity contribution is -0.137. The van der Waals surface area contributed by atoms with Crippen molar-refractivity contribution in [1.82, 2.24) is 13.7 Å². The largest absolute Gasteiger partial charge is 0.481 e. The Labute approximate surface area is 127 Å². The molecule has 0 aromatic carbocycles. The van der Waals surface area contributed by atoms with E-state index >= 15 is 0 Å². The molecule has 0 atom stereocenters. The average Bonchev–Trinajstić information content (AvgIpc) is 2.46. The second-order valence-electron chi connectivity index (χ2n) is 5.15. The fraction of sp³-hybridized carbons (Fsp3) is 0.714. The number of hydrogen-bond acceptors (Lipinski definition) is 4. The number of unbranched alkanes of at least 4 members (excludes halogenated alkanes) is 2. The zero-order valence-corrected chi connectivity index (χ0v) is 13.1. The smallest absolute Gasteiger partial charge is 0.336 e. The summed E-state index contributed by atoms with van der Waals surface area (Å²) in [6, 6.07) is 0. The fourth-order valence-electron chi connectivity index (χ4n) is 2.10. The Kier molecular flexibility index (Phi) is 6.81. The number of carboxylic acid groups (broad SMARTS) is 1. The van der Waals surface area contributed by atoms with Crippen LogP contribution in [0.25, 0.3) is 0 Å². The Hall–Kier alpha value is -2.12. The third-order valence-electron chi connectivity index (χ3n) is 3.41. The van der Waals surface area contributed by atoms with Crippen LogP contribution in [-0.4, -0.2) is 24.8 Å². The molecule has 0 aliphatic rings. The second-order valence-corrected chi connectivity index (χ2v) is 5.15. The maximum Gasteiger partial charge on any atom is 0.336 e. The Bertz CT molecular complexity index is 637. The molecule has 124 valence electrons. The van der Waals surface area contributed by atoms with Crippen LogP contribution in [0.15, 0.2) is 14.4 Å². The van der Waals surface area contributed by atoms with Crippen LogP contribution in [-0.2, 0) is 24.4 Å². The summed E-state index contributed by atoms with van der Waals surface area (Å²) in [5, 5.41) is 8.74. The first-order valence-electron chi connectivity index (χ1n) is 7.60. The monoisotopic (exact) mass is 313 g/mol. The van der Waals surface area contributed by atoms with E-state index in [1.807, 2.05) is 13.8 Å². The highest BCUT2D eigenvalue weighted by atomic mass is 16.4. The molecule has 0 aliphatic carbocycles. The number of aromatic nitrogens is 3. The summed E-state index contributed by atoms with van der Waals surface area (Å²) in [6.07, 6.45) is 2.54. The van der Waals surface area contributed by atoms with Crippen molar-refractivity contribution in [1.29, 1.82) is 0 Å². The third-order valence-corrected chi connectivity index (χ3v) is 3.41. The van der Waals surface area contributed by atoms with Gasteiger partial charge in [-0.25, -0.2) is 28.1 Å². The highest BCUT2D eigenvalue weighted by Gasteiger charge is 2.15. The molecule has 0 bridgehead atoms. The molecule has 0 fully saturated rings. The second kappa shape index (κ2) is 8.35. The highest BCUT2D eigenvalue weighted by molar-refractivity contribution is 5.66. The Morgan fingerprint density at radius 1 is 0.818 bits per heavy atom. The van der Waals surface area contributed by atoms with Gasteiger partial charge < -0.3 is 5.11 Å². The molecule has 0 saturated heterocycles. The van der Waals surface area contributed by atoms with Crippen LogP contribution >= 0.6 is 0 Å². The summed E-state index contributed by atoms with van der Waals surface area (Å²) >= 11 is 0. The first-order chi connectivity index (χ1) is 10.4. The van der Waals surface area contributed by atoms with Crippen LogP contribution in [0, 0.1) is 0 Å². The molecule has 0 aliphatic heterocycles. The number of carboxylic acids is 1. The van der Waals surface area contributed by atoms with Gasteiger partial charge in [0.15, 0.2) is 0 Å². The van der Waals surface area contributed by atoms with Gasteiger partial charge in [0.25, 0.3) is 0 Å². The SMILES string of the molecule is CCCCn1c(=O)n(CCCC)c(=O)n(CCC(=O)O)c1=O. The van der Waals surface area contributed by atoms with E-state index in [4.69, 9.17) is 5.11 Å². The van der Waals surface area contributed by atoms with Crippen molar-refractivity contribution in [2.24, 2.45) is 0 Å². The predicted molar refractivity (Wildman–Crippen MR) is 81.3 cm³/mol. The summed E-state index contributed by atoms with van der Waals surface area (Å²) in [7, 11) is 0. The van der Waals surface area contributed by atoms with Crippen molar-refractivity contribution in [3.63, 3.8) is 0 Å². The molecule has 8 nitrogen and oxygen atoms in total. The van der Waals surface area contributed by atoms with Crippen molar-refractivity contribution in [2.45, 2.75) is 65.6 Å². The van der Waals surface area contributed by atoms with Gasteiger partial charge in [0.1, 0.15) is 0 Å². The zero-order valence-electron chi connectivity index (χ0n) is 13.1. The minimum absolute atomic E-state index is 0.230. The molecule has 1 rings (SSSR count). The molecular formula is C14H23N3O5. The zero-order chi connectivity index (χ0) is 16.7. The maximum absolute atomic E-state index is 12.3. The van der Waals surface area contributed by atoms with E-state index in [0.29, 0.717) is 12.8 Å². The Morgan fingerprint density at radius 3 is 1.50 bits per heavy atom. The number of carbonyl (C=O) groups is 1. The first kappa shape index (κ1) is 17.9. The summed E-state index contributed by atoms with van der Waals surface area (Å²) in [6.45, 7) is 4.09. The van der Waals surface area contributed by atoms with Crippen molar-refractivity contribution < 1.29 is 9.90 Å².